The van der Waals surface area contributed by atoms with E-state index >= 15 is 0 Å². The molecule has 25 heavy (non-hydrogen) atoms. The first-order chi connectivity index (χ1) is 11.9. The predicted octanol–water partition coefficient (Wildman–Crippen LogP) is 1.50. The SMILES string of the molecule is CC(=O)c1cn(Cc2nc(-c3cccc(Cl)c3)no2)c(=O)n(C)c1=O. The minimum Gasteiger partial charge on any atom is -0.337 e. The van der Waals surface area contributed by atoms with Crippen LogP contribution in [0.25, 0.3) is 11.4 Å². The Morgan fingerprint density at radius 2 is 2.08 bits per heavy atom. The highest BCUT2D eigenvalue weighted by atomic mass is 35.5. The third kappa shape index (κ3) is 3.29. The molecule has 9 heteroatoms. The van der Waals surface area contributed by atoms with Crippen LogP contribution in [0.1, 0.15) is 23.2 Å². The summed E-state index contributed by atoms with van der Waals surface area (Å²) in [6, 6.07) is 6.93. The lowest BCUT2D eigenvalue weighted by atomic mass is 10.2. The second kappa shape index (κ2) is 6.48. The molecule has 0 bridgehead atoms. The number of carbonyl (C=O) groups excluding carboxylic acids is 1. The normalized spacial score (nSPS) is 10.8. The highest BCUT2D eigenvalue weighted by Gasteiger charge is 2.15. The third-order valence-electron chi connectivity index (χ3n) is 3.59. The average molecular weight is 361 g/mol. The Bertz CT molecular complexity index is 1080. The molecule has 0 aliphatic heterocycles. The van der Waals surface area contributed by atoms with Gasteiger partial charge < -0.3 is 4.52 Å². The Morgan fingerprint density at radius 3 is 2.76 bits per heavy atom. The van der Waals surface area contributed by atoms with E-state index in [0.29, 0.717) is 16.4 Å². The van der Waals surface area contributed by atoms with Crippen molar-refractivity contribution in [3.63, 3.8) is 0 Å². The number of rotatable bonds is 4. The molecule has 0 radical (unpaired) electrons. The van der Waals surface area contributed by atoms with E-state index < -0.39 is 17.0 Å². The summed E-state index contributed by atoms with van der Waals surface area (Å²) in [7, 11) is 1.30. The van der Waals surface area contributed by atoms with Gasteiger partial charge in [0.25, 0.3) is 5.56 Å². The monoisotopic (exact) mass is 360 g/mol. The number of nitrogens with zero attached hydrogens (tertiary/aromatic N) is 4. The zero-order chi connectivity index (χ0) is 18.1. The van der Waals surface area contributed by atoms with E-state index in [4.69, 9.17) is 16.1 Å². The van der Waals surface area contributed by atoms with Gasteiger partial charge in [0, 0.05) is 23.8 Å². The second-order valence-corrected chi connectivity index (χ2v) is 5.83. The summed E-state index contributed by atoms with van der Waals surface area (Å²) in [5, 5.41) is 4.39. The summed E-state index contributed by atoms with van der Waals surface area (Å²) in [5.41, 5.74) is -0.646. The van der Waals surface area contributed by atoms with E-state index in [0.717, 1.165) is 4.57 Å². The van der Waals surface area contributed by atoms with E-state index in [1.54, 1.807) is 24.3 Å². The molecule has 0 saturated carbocycles. The van der Waals surface area contributed by atoms with Crippen molar-refractivity contribution >= 4 is 17.4 Å². The van der Waals surface area contributed by atoms with Crippen LogP contribution in [0.2, 0.25) is 5.02 Å². The van der Waals surface area contributed by atoms with Crippen molar-refractivity contribution in [1.29, 1.82) is 0 Å². The number of aromatic nitrogens is 4. The number of ketones is 1. The van der Waals surface area contributed by atoms with Crippen molar-refractivity contribution in [3.8, 4) is 11.4 Å². The zero-order valence-corrected chi connectivity index (χ0v) is 14.1. The van der Waals surface area contributed by atoms with Gasteiger partial charge in [-0.2, -0.15) is 4.98 Å². The van der Waals surface area contributed by atoms with Crippen molar-refractivity contribution in [2.24, 2.45) is 7.05 Å². The minimum absolute atomic E-state index is 0.0687. The van der Waals surface area contributed by atoms with Crippen LogP contribution in [0.4, 0.5) is 0 Å². The van der Waals surface area contributed by atoms with Crippen LogP contribution >= 0.6 is 11.6 Å². The van der Waals surface area contributed by atoms with Gasteiger partial charge >= 0.3 is 5.69 Å². The largest absolute Gasteiger partial charge is 0.337 e. The molecular formula is C16H13ClN4O4. The molecule has 0 spiro atoms. The summed E-state index contributed by atoms with van der Waals surface area (Å²) in [6.45, 7) is 1.19. The standard InChI is InChI=1S/C16H13ClN4O4/c1-9(22)12-7-21(16(24)20(2)15(12)23)8-13-18-14(19-25-13)10-4-3-5-11(17)6-10/h3-7H,8H2,1-2H3. The fourth-order valence-corrected chi connectivity index (χ4v) is 2.48. The van der Waals surface area contributed by atoms with Gasteiger partial charge in [0.1, 0.15) is 6.54 Å². The summed E-state index contributed by atoms with van der Waals surface area (Å²) >= 11 is 5.94. The fourth-order valence-electron chi connectivity index (χ4n) is 2.29. The molecule has 3 rings (SSSR count). The number of hydrogen-bond acceptors (Lipinski definition) is 6. The van der Waals surface area contributed by atoms with Crippen LogP contribution in [-0.4, -0.2) is 25.1 Å². The second-order valence-electron chi connectivity index (χ2n) is 5.40. The molecule has 0 amide bonds. The van der Waals surface area contributed by atoms with Crippen LogP contribution < -0.4 is 11.2 Å². The van der Waals surface area contributed by atoms with Crippen LogP contribution in [0.3, 0.4) is 0 Å². The number of halogens is 1. The number of Topliss-reactive ketones (excluding diaryl/α,β-unsaturated/α-hetero) is 1. The molecule has 128 valence electrons. The van der Waals surface area contributed by atoms with E-state index in [9.17, 15) is 14.4 Å². The molecule has 1 aromatic carbocycles. The lowest BCUT2D eigenvalue weighted by Crippen LogP contribution is -2.40. The summed E-state index contributed by atoms with van der Waals surface area (Å²) in [4.78, 5) is 39.9. The van der Waals surface area contributed by atoms with E-state index in [1.165, 1.54) is 24.7 Å². The lowest BCUT2D eigenvalue weighted by Gasteiger charge is -2.06. The molecule has 0 atom stereocenters. The molecule has 0 fully saturated rings. The van der Waals surface area contributed by atoms with Gasteiger partial charge in [0.05, 0.1) is 5.56 Å². The van der Waals surface area contributed by atoms with Crippen LogP contribution in [0.5, 0.6) is 0 Å². The van der Waals surface area contributed by atoms with Gasteiger partial charge in [-0.1, -0.05) is 28.9 Å². The maximum Gasteiger partial charge on any atom is 0.331 e. The topological polar surface area (TPSA) is 100.0 Å². The fraction of sp³-hybridized carbons (Fsp3) is 0.188. The maximum absolute atomic E-state index is 12.2. The Morgan fingerprint density at radius 1 is 1.32 bits per heavy atom. The molecule has 8 nitrogen and oxygen atoms in total. The van der Waals surface area contributed by atoms with Gasteiger partial charge in [-0.05, 0) is 19.1 Å². The minimum atomic E-state index is -0.640. The molecule has 0 N–H and O–H groups in total. The zero-order valence-electron chi connectivity index (χ0n) is 13.4. The van der Waals surface area contributed by atoms with Crippen LogP contribution in [0, 0.1) is 0 Å². The van der Waals surface area contributed by atoms with Gasteiger partial charge in [-0.15, -0.1) is 0 Å². The molecule has 0 unspecified atom stereocenters. The van der Waals surface area contributed by atoms with Crippen molar-refractivity contribution in [1.82, 2.24) is 19.3 Å². The van der Waals surface area contributed by atoms with Crippen molar-refractivity contribution in [2.75, 3.05) is 0 Å². The predicted molar refractivity (Wildman–Crippen MR) is 89.8 cm³/mol. The molecule has 2 heterocycles. The first-order valence-electron chi connectivity index (χ1n) is 7.26. The molecule has 3 aromatic rings. The molecular weight excluding hydrogens is 348 g/mol. The van der Waals surface area contributed by atoms with Gasteiger partial charge in [0.15, 0.2) is 5.78 Å². The summed E-state index contributed by atoms with van der Waals surface area (Å²) in [5.74, 6) is 0.0480. The first kappa shape index (κ1) is 16.8. The molecule has 0 saturated heterocycles. The number of hydrogen-bond donors (Lipinski definition) is 0. The van der Waals surface area contributed by atoms with Crippen molar-refractivity contribution in [2.45, 2.75) is 13.5 Å². The van der Waals surface area contributed by atoms with E-state index in [2.05, 4.69) is 10.1 Å². The van der Waals surface area contributed by atoms with E-state index in [1.807, 2.05) is 0 Å². The summed E-state index contributed by atoms with van der Waals surface area (Å²) < 4.78 is 7.19. The molecule has 0 aliphatic rings. The van der Waals surface area contributed by atoms with E-state index in [-0.39, 0.29) is 18.0 Å². The van der Waals surface area contributed by atoms with Gasteiger partial charge in [0.2, 0.25) is 11.7 Å². The van der Waals surface area contributed by atoms with Gasteiger partial charge in [-0.3, -0.25) is 18.7 Å². The maximum atomic E-state index is 12.2. The van der Waals surface area contributed by atoms with Gasteiger partial charge in [-0.25, -0.2) is 4.79 Å². The van der Waals surface area contributed by atoms with Crippen molar-refractivity contribution < 1.29 is 9.32 Å². The molecule has 2 aromatic heterocycles. The summed E-state index contributed by atoms with van der Waals surface area (Å²) in [6.07, 6.45) is 1.20. The Labute approximate surface area is 146 Å². The number of benzene rings is 1. The van der Waals surface area contributed by atoms with Crippen molar-refractivity contribution in [3.05, 3.63) is 67.8 Å². The molecule has 0 aliphatic carbocycles. The quantitative estimate of drug-likeness (QED) is 0.654. The average Bonchev–Trinajstić information content (AvgIpc) is 3.03. The third-order valence-corrected chi connectivity index (χ3v) is 3.82. The highest BCUT2D eigenvalue weighted by Crippen LogP contribution is 2.20. The Balaban J connectivity index is 1.98. The highest BCUT2D eigenvalue weighted by molar-refractivity contribution is 6.30. The lowest BCUT2D eigenvalue weighted by molar-refractivity contribution is 0.101. The first-order valence-corrected chi connectivity index (χ1v) is 7.64. The van der Waals surface area contributed by atoms with Crippen LogP contribution in [0.15, 0.2) is 44.6 Å². The number of carbonyl (C=O) groups is 1. The Kier molecular flexibility index (Phi) is 4.37. The Hall–Kier alpha value is -3.00. The van der Waals surface area contributed by atoms with Crippen LogP contribution in [-0.2, 0) is 13.6 Å². The smallest absolute Gasteiger partial charge is 0.331 e.